The van der Waals surface area contributed by atoms with Crippen molar-refractivity contribution in [3.05, 3.63) is 64.9 Å². The number of carbonyl (C=O) groups is 1. The van der Waals surface area contributed by atoms with Crippen molar-refractivity contribution in [2.75, 3.05) is 12.1 Å². The Morgan fingerprint density at radius 2 is 2.00 bits per heavy atom. The molecule has 0 radical (unpaired) electrons. The molecule has 0 aromatic heterocycles. The molecule has 1 aliphatic heterocycles. The fourth-order valence-electron chi connectivity index (χ4n) is 2.61. The molecule has 0 saturated carbocycles. The van der Waals surface area contributed by atoms with Crippen LogP contribution < -0.4 is 20.1 Å². The summed E-state index contributed by atoms with van der Waals surface area (Å²) < 4.78 is 10.6. The van der Waals surface area contributed by atoms with E-state index in [0.717, 1.165) is 22.4 Å². The summed E-state index contributed by atoms with van der Waals surface area (Å²) in [7, 11) is 0. The van der Waals surface area contributed by atoms with Gasteiger partial charge in [0.2, 0.25) is 6.79 Å². The van der Waals surface area contributed by atoms with Crippen LogP contribution in [-0.4, -0.2) is 12.7 Å². The van der Waals surface area contributed by atoms with Crippen LogP contribution in [0.5, 0.6) is 11.5 Å². The molecule has 2 aromatic rings. The maximum Gasteiger partial charge on any atom is 0.267 e. The van der Waals surface area contributed by atoms with E-state index in [1.807, 2.05) is 56.3 Å². The molecule has 6 heteroatoms. The van der Waals surface area contributed by atoms with Crippen LogP contribution in [0.1, 0.15) is 16.7 Å². The second-order valence-electron chi connectivity index (χ2n) is 6.01. The number of nitrogens with zero attached hydrogens (tertiary/aromatic N) is 1. The van der Waals surface area contributed by atoms with Gasteiger partial charge >= 0.3 is 0 Å². The zero-order chi connectivity index (χ0) is 18.5. The number of carbonyl (C=O) groups excluding carboxylic acids is 1. The summed E-state index contributed by atoms with van der Waals surface area (Å²) in [5, 5.41) is 15.0. The first-order chi connectivity index (χ1) is 12.6. The smallest absolute Gasteiger partial charge is 0.267 e. The van der Waals surface area contributed by atoms with Crippen LogP contribution in [0.15, 0.2) is 48.2 Å². The van der Waals surface area contributed by atoms with Crippen molar-refractivity contribution in [2.24, 2.45) is 0 Å². The number of nitrogens with one attached hydrogen (secondary N) is 2. The lowest BCUT2D eigenvalue weighted by Crippen LogP contribution is -2.17. The van der Waals surface area contributed by atoms with Gasteiger partial charge in [0.25, 0.3) is 5.91 Å². The number of ether oxygens (including phenoxy) is 2. The highest BCUT2D eigenvalue weighted by molar-refractivity contribution is 6.06. The fourth-order valence-corrected chi connectivity index (χ4v) is 2.61. The second-order valence-corrected chi connectivity index (χ2v) is 6.01. The van der Waals surface area contributed by atoms with E-state index in [2.05, 4.69) is 10.6 Å². The zero-order valence-electron chi connectivity index (χ0n) is 14.6. The van der Waals surface area contributed by atoms with Gasteiger partial charge in [0.1, 0.15) is 11.6 Å². The van der Waals surface area contributed by atoms with Gasteiger partial charge in [-0.2, -0.15) is 5.26 Å². The first-order valence-electron chi connectivity index (χ1n) is 8.17. The monoisotopic (exact) mass is 349 g/mol. The number of rotatable bonds is 5. The number of amides is 1. The largest absolute Gasteiger partial charge is 0.454 e. The van der Waals surface area contributed by atoms with E-state index in [9.17, 15) is 10.1 Å². The van der Waals surface area contributed by atoms with E-state index in [-0.39, 0.29) is 12.4 Å². The third kappa shape index (κ3) is 3.95. The van der Waals surface area contributed by atoms with Crippen molar-refractivity contribution in [1.82, 2.24) is 5.32 Å². The van der Waals surface area contributed by atoms with E-state index in [0.29, 0.717) is 18.0 Å². The number of nitriles is 1. The topological polar surface area (TPSA) is 83.4 Å². The van der Waals surface area contributed by atoms with Gasteiger partial charge in [-0.25, -0.2) is 0 Å². The molecule has 132 valence electrons. The Morgan fingerprint density at radius 1 is 1.19 bits per heavy atom. The molecule has 26 heavy (non-hydrogen) atoms. The molecule has 0 spiro atoms. The molecule has 2 aromatic carbocycles. The minimum absolute atomic E-state index is 0.00529. The molecule has 2 N–H and O–H groups in total. The molecule has 0 fully saturated rings. The predicted octanol–water partition coefficient (Wildman–Crippen LogP) is 3.17. The van der Waals surface area contributed by atoms with Crippen molar-refractivity contribution in [2.45, 2.75) is 20.4 Å². The molecule has 0 aliphatic carbocycles. The molecule has 0 saturated heterocycles. The van der Waals surface area contributed by atoms with Crippen LogP contribution in [0.25, 0.3) is 0 Å². The Bertz CT molecular complexity index is 913. The van der Waals surface area contributed by atoms with Gasteiger partial charge in [0.15, 0.2) is 11.5 Å². The van der Waals surface area contributed by atoms with Gasteiger partial charge in [-0.05, 0) is 43.2 Å². The van der Waals surface area contributed by atoms with Crippen LogP contribution in [-0.2, 0) is 11.3 Å². The third-order valence-corrected chi connectivity index (χ3v) is 3.98. The minimum Gasteiger partial charge on any atom is -0.454 e. The highest BCUT2D eigenvalue weighted by atomic mass is 16.7. The lowest BCUT2D eigenvalue weighted by Gasteiger charge is -2.09. The molecule has 0 atom stereocenters. The molecular weight excluding hydrogens is 330 g/mol. The van der Waals surface area contributed by atoms with E-state index in [1.54, 1.807) is 0 Å². The Labute approximate surface area is 152 Å². The predicted molar refractivity (Wildman–Crippen MR) is 97.6 cm³/mol. The van der Waals surface area contributed by atoms with Crippen molar-refractivity contribution in [1.29, 1.82) is 5.26 Å². The molecule has 1 aliphatic rings. The molecule has 0 bridgehead atoms. The van der Waals surface area contributed by atoms with E-state index >= 15 is 0 Å². The molecule has 6 nitrogen and oxygen atoms in total. The van der Waals surface area contributed by atoms with E-state index < -0.39 is 5.91 Å². The van der Waals surface area contributed by atoms with Crippen LogP contribution in [0.2, 0.25) is 0 Å². The van der Waals surface area contributed by atoms with Crippen molar-refractivity contribution in [3.8, 4) is 17.6 Å². The van der Waals surface area contributed by atoms with Crippen LogP contribution in [0, 0.1) is 25.2 Å². The van der Waals surface area contributed by atoms with Crippen molar-refractivity contribution >= 4 is 11.6 Å². The van der Waals surface area contributed by atoms with Gasteiger partial charge in [-0.3, -0.25) is 4.79 Å². The molecule has 3 rings (SSSR count). The van der Waals surface area contributed by atoms with Crippen LogP contribution in [0.4, 0.5) is 5.69 Å². The summed E-state index contributed by atoms with van der Waals surface area (Å²) in [5.41, 5.74) is 3.71. The molecule has 1 amide bonds. The van der Waals surface area contributed by atoms with Crippen molar-refractivity contribution < 1.29 is 14.3 Å². The number of fused-ring (bicyclic) bond motifs is 1. The standard InChI is InChI=1S/C20H19N3O3/c1-13-3-5-17(14(2)7-13)23-20(24)16(9-21)11-22-10-15-4-6-18-19(8-15)26-12-25-18/h3-8,11,22H,10,12H2,1-2H3,(H,23,24)/b16-11-. The SMILES string of the molecule is Cc1ccc(NC(=O)/C(C#N)=C\NCc2ccc3c(c2)OCO3)c(C)c1. The summed E-state index contributed by atoms with van der Waals surface area (Å²) in [6.07, 6.45) is 1.42. The van der Waals surface area contributed by atoms with Crippen molar-refractivity contribution in [3.63, 3.8) is 0 Å². The summed E-state index contributed by atoms with van der Waals surface area (Å²) >= 11 is 0. The third-order valence-electron chi connectivity index (χ3n) is 3.98. The number of aryl methyl sites for hydroxylation is 2. The maximum absolute atomic E-state index is 12.3. The minimum atomic E-state index is -0.447. The number of benzene rings is 2. The lowest BCUT2D eigenvalue weighted by molar-refractivity contribution is -0.112. The number of hydrogen-bond acceptors (Lipinski definition) is 5. The second kappa shape index (κ2) is 7.62. The number of anilines is 1. The summed E-state index contributed by atoms with van der Waals surface area (Å²) in [6.45, 7) is 4.58. The van der Waals surface area contributed by atoms with E-state index in [4.69, 9.17) is 9.47 Å². The average Bonchev–Trinajstić information content (AvgIpc) is 3.09. The van der Waals surface area contributed by atoms with Crippen LogP contribution >= 0.6 is 0 Å². The maximum atomic E-state index is 12.3. The van der Waals surface area contributed by atoms with Gasteiger partial charge in [-0.1, -0.05) is 23.8 Å². The highest BCUT2D eigenvalue weighted by Crippen LogP contribution is 2.32. The molecule has 0 unspecified atom stereocenters. The quantitative estimate of drug-likeness (QED) is 0.640. The zero-order valence-corrected chi connectivity index (χ0v) is 14.6. The Balaban J connectivity index is 1.62. The van der Waals surface area contributed by atoms with Gasteiger partial charge in [-0.15, -0.1) is 0 Å². The average molecular weight is 349 g/mol. The summed E-state index contributed by atoms with van der Waals surface area (Å²) in [6, 6.07) is 13.2. The highest BCUT2D eigenvalue weighted by Gasteiger charge is 2.13. The first kappa shape index (κ1) is 17.4. The van der Waals surface area contributed by atoms with Crippen LogP contribution in [0.3, 0.4) is 0 Å². The summed E-state index contributed by atoms with van der Waals surface area (Å²) in [5.74, 6) is 0.967. The summed E-state index contributed by atoms with van der Waals surface area (Å²) in [4.78, 5) is 12.3. The number of hydrogen-bond donors (Lipinski definition) is 2. The molecular formula is C20H19N3O3. The molecule has 1 heterocycles. The van der Waals surface area contributed by atoms with Gasteiger partial charge < -0.3 is 20.1 Å². The Morgan fingerprint density at radius 3 is 2.77 bits per heavy atom. The van der Waals surface area contributed by atoms with Gasteiger partial charge in [0.05, 0.1) is 0 Å². The Kier molecular flexibility index (Phi) is 5.09. The lowest BCUT2D eigenvalue weighted by atomic mass is 10.1. The Hall–Kier alpha value is -3.46. The first-order valence-corrected chi connectivity index (χ1v) is 8.17. The van der Waals surface area contributed by atoms with Gasteiger partial charge in [0, 0.05) is 18.4 Å². The van der Waals surface area contributed by atoms with E-state index in [1.165, 1.54) is 6.20 Å². The fraction of sp³-hybridized carbons (Fsp3) is 0.200. The normalized spacial score (nSPS) is 12.4.